The molecule has 0 radical (unpaired) electrons. The first kappa shape index (κ1) is 22.8. The van der Waals surface area contributed by atoms with Gasteiger partial charge in [-0.2, -0.15) is 0 Å². The standard InChI is InChI=1S/C26H30N4O3S/c1-32-16-14-29-23(19-11-6-3-7-12-19)28-24-21(25(29)31)22(18-9-4-2-5-10-18)27-26(34)30(24)17-20-13-8-15-33-20/h2-7,9-12,20,22-23,28H,8,13-17H2,1H3,(H,27,34)/t20-,22+,23+/m1/s1. The third kappa shape index (κ3) is 4.41. The summed E-state index contributed by atoms with van der Waals surface area (Å²) in [4.78, 5) is 18.0. The van der Waals surface area contributed by atoms with Crippen LogP contribution in [0.4, 0.5) is 0 Å². The molecule has 2 N–H and O–H groups in total. The molecule has 0 aliphatic carbocycles. The van der Waals surface area contributed by atoms with Crippen LogP contribution in [0.2, 0.25) is 0 Å². The van der Waals surface area contributed by atoms with E-state index in [2.05, 4.69) is 10.6 Å². The van der Waals surface area contributed by atoms with Gasteiger partial charge in [-0.25, -0.2) is 0 Å². The highest BCUT2D eigenvalue weighted by Crippen LogP contribution is 2.37. The monoisotopic (exact) mass is 478 g/mol. The summed E-state index contributed by atoms with van der Waals surface area (Å²) in [5.41, 5.74) is 2.67. The molecule has 0 saturated carbocycles. The number of benzene rings is 2. The fourth-order valence-corrected chi connectivity index (χ4v) is 5.18. The summed E-state index contributed by atoms with van der Waals surface area (Å²) >= 11 is 5.84. The molecule has 0 aromatic heterocycles. The molecule has 3 heterocycles. The molecule has 3 aliphatic heterocycles. The second-order valence-corrected chi connectivity index (χ2v) is 9.14. The molecule has 0 spiro atoms. The summed E-state index contributed by atoms with van der Waals surface area (Å²) < 4.78 is 11.3. The number of carbonyl (C=O) groups excluding carboxylic acids is 1. The van der Waals surface area contributed by atoms with E-state index in [4.69, 9.17) is 21.7 Å². The zero-order valence-electron chi connectivity index (χ0n) is 19.3. The molecule has 1 amide bonds. The average Bonchev–Trinajstić information content (AvgIpc) is 3.39. The number of nitrogens with one attached hydrogen (secondary N) is 2. The molecule has 0 unspecified atom stereocenters. The summed E-state index contributed by atoms with van der Waals surface area (Å²) in [5, 5.41) is 7.73. The van der Waals surface area contributed by atoms with E-state index in [0.717, 1.165) is 36.4 Å². The van der Waals surface area contributed by atoms with Crippen molar-refractivity contribution in [2.75, 3.05) is 33.4 Å². The Labute approximate surface area is 205 Å². The minimum atomic E-state index is -0.341. The van der Waals surface area contributed by atoms with Crippen LogP contribution in [0.1, 0.15) is 36.2 Å². The Hall–Kier alpha value is -2.94. The zero-order valence-corrected chi connectivity index (χ0v) is 20.1. The number of thiocarbonyl (C=S) groups is 1. The fourth-order valence-electron chi connectivity index (χ4n) is 4.90. The van der Waals surface area contributed by atoms with Crippen molar-refractivity contribution in [3.8, 4) is 0 Å². The summed E-state index contributed by atoms with van der Waals surface area (Å²) in [6.07, 6.45) is 1.79. The van der Waals surface area contributed by atoms with Crippen LogP contribution in [-0.2, 0) is 14.3 Å². The average molecular weight is 479 g/mol. The minimum absolute atomic E-state index is 0.0270. The molecule has 2 aromatic rings. The lowest BCUT2D eigenvalue weighted by Gasteiger charge is -2.47. The molecular formula is C26H30N4O3S. The molecule has 178 valence electrons. The first-order valence-electron chi connectivity index (χ1n) is 11.8. The van der Waals surface area contributed by atoms with Crippen LogP contribution >= 0.6 is 12.2 Å². The molecule has 7 nitrogen and oxygen atoms in total. The molecule has 1 saturated heterocycles. The van der Waals surface area contributed by atoms with Gasteiger partial charge in [0.2, 0.25) is 0 Å². The van der Waals surface area contributed by atoms with E-state index in [1.807, 2.05) is 70.5 Å². The van der Waals surface area contributed by atoms with Crippen LogP contribution in [0.25, 0.3) is 0 Å². The summed E-state index contributed by atoms with van der Waals surface area (Å²) in [6.45, 7) is 2.28. The number of methoxy groups -OCH3 is 1. The maximum absolute atomic E-state index is 14.2. The third-order valence-corrected chi connectivity index (χ3v) is 6.94. The summed E-state index contributed by atoms with van der Waals surface area (Å²) in [5.74, 6) is 0.737. The van der Waals surface area contributed by atoms with Crippen LogP contribution in [-0.4, -0.2) is 60.3 Å². The molecule has 1 fully saturated rings. The van der Waals surface area contributed by atoms with E-state index in [-0.39, 0.29) is 24.2 Å². The minimum Gasteiger partial charge on any atom is -0.383 e. The Kier molecular flexibility index (Phi) is 6.80. The van der Waals surface area contributed by atoms with Gasteiger partial charge in [-0.3, -0.25) is 4.79 Å². The Morgan fingerprint density at radius 1 is 1.06 bits per heavy atom. The molecule has 3 atom stereocenters. The molecule has 0 bridgehead atoms. The number of hydrogen-bond donors (Lipinski definition) is 2. The number of rotatable bonds is 7. The van der Waals surface area contributed by atoms with Crippen LogP contribution < -0.4 is 10.6 Å². The third-order valence-electron chi connectivity index (χ3n) is 6.60. The van der Waals surface area contributed by atoms with E-state index in [1.165, 1.54) is 0 Å². The van der Waals surface area contributed by atoms with Gasteiger partial charge in [0.15, 0.2) is 5.11 Å². The smallest absolute Gasteiger partial charge is 0.257 e. The second kappa shape index (κ2) is 10.1. The lowest BCUT2D eigenvalue weighted by atomic mass is 9.93. The lowest BCUT2D eigenvalue weighted by molar-refractivity contribution is -0.133. The zero-order chi connectivity index (χ0) is 23.5. The van der Waals surface area contributed by atoms with Crippen molar-refractivity contribution in [3.05, 3.63) is 83.2 Å². The predicted octanol–water partition coefficient (Wildman–Crippen LogP) is 3.09. The molecule has 3 aliphatic rings. The van der Waals surface area contributed by atoms with Crippen LogP contribution in [0.3, 0.4) is 0 Å². The summed E-state index contributed by atoms with van der Waals surface area (Å²) in [7, 11) is 1.65. The number of nitrogens with zero attached hydrogens (tertiary/aromatic N) is 2. The maximum Gasteiger partial charge on any atom is 0.257 e. The van der Waals surface area contributed by atoms with Gasteiger partial charge in [-0.1, -0.05) is 60.7 Å². The van der Waals surface area contributed by atoms with Gasteiger partial charge < -0.3 is 29.9 Å². The van der Waals surface area contributed by atoms with E-state index < -0.39 is 0 Å². The van der Waals surface area contributed by atoms with Gasteiger partial charge in [-0.05, 0) is 36.2 Å². The summed E-state index contributed by atoms with van der Waals surface area (Å²) in [6, 6.07) is 19.7. The second-order valence-electron chi connectivity index (χ2n) is 8.75. The molecule has 5 rings (SSSR count). The molecule has 8 heteroatoms. The first-order chi connectivity index (χ1) is 16.7. The Morgan fingerprint density at radius 3 is 2.41 bits per heavy atom. The SMILES string of the molecule is COCCN1C(=O)C2=C(N[C@@H]1c1ccccc1)N(C[C@H]1CCCO1)C(=S)N[C@H]2c1ccccc1. The van der Waals surface area contributed by atoms with Crippen LogP contribution in [0.5, 0.6) is 0 Å². The van der Waals surface area contributed by atoms with E-state index >= 15 is 0 Å². The Bertz CT molecular complexity index is 1060. The first-order valence-corrected chi connectivity index (χ1v) is 12.2. The van der Waals surface area contributed by atoms with Crippen molar-refractivity contribution in [1.82, 2.24) is 20.4 Å². The van der Waals surface area contributed by atoms with Crippen molar-refractivity contribution in [3.63, 3.8) is 0 Å². The number of carbonyl (C=O) groups is 1. The van der Waals surface area contributed by atoms with Crippen LogP contribution in [0.15, 0.2) is 72.1 Å². The van der Waals surface area contributed by atoms with Gasteiger partial charge in [0.1, 0.15) is 12.0 Å². The lowest BCUT2D eigenvalue weighted by Crippen LogP contribution is -2.60. The molecule has 34 heavy (non-hydrogen) atoms. The van der Waals surface area contributed by atoms with Crippen molar-refractivity contribution in [2.24, 2.45) is 0 Å². The highest BCUT2D eigenvalue weighted by molar-refractivity contribution is 7.80. The van der Waals surface area contributed by atoms with E-state index in [1.54, 1.807) is 7.11 Å². The van der Waals surface area contributed by atoms with Gasteiger partial charge in [0.05, 0.1) is 30.9 Å². The number of ether oxygens (including phenoxy) is 2. The highest BCUT2D eigenvalue weighted by Gasteiger charge is 2.44. The fraction of sp³-hybridized carbons (Fsp3) is 0.385. The van der Waals surface area contributed by atoms with E-state index in [9.17, 15) is 4.79 Å². The van der Waals surface area contributed by atoms with Gasteiger partial charge in [0.25, 0.3) is 5.91 Å². The highest BCUT2D eigenvalue weighted by atomic mass is 32.1. The van der Waals surface area contributed by atoms with Gasteiger partial charge in [-0.15, -0.1) is 0 Å². The largest absolute Gasteiger partial charge is 0.383 e. The van der Waals surface area contributed by atoms with Gasteiger partial charge in [0, 0.05) is 20.3 Å². The van der Waals surface area contributed by atoms with Crippen molar-refractivity contribution in [1.29, 1.82) is 0 Å². The number of amides is 1. The normalized spacial score (nSPS) is 24.7. The Balaban J connectivity index is 1.60. The number of hydrogen-bond acceptors (Lipinski definition) is 5. The molecule has 2 aromatic carbocycles. The van der Waals surface area contributed by atoms with Crippen molar-refractivity contribution < 1.29 is 14.3 Å². The van der Waals surface area contributed by atoms with Gasteiger partial charge >= 0.3 is 0 Å². The molecular weight excluding hydrogens is 448 g/mol. The Morgan fingerprint density at radius 2 is 1.76 bits per heavy atom. The van der Waals surface area contributed by atoms with Crippen LogP contribution in [0, 0.1) is 0 Å². The van der Waals surface area contributed by atoms with Crippen molar-refractivity contribution in [2.45, 2.75) is 31.2 Å². The van der Waals surface area contributed by atoms with E-state index in [0.29, 0.717) is 30.4 Å². The quantitative estimate of drug-likeness (QED) is 0.593. The van der Waals surface area contributed by atoms with Crippen molar-refractivity contribution >= 4 is 23.2 Å². The predicted molar refractivity (Wildman–Crippen MR) is 134 cm³/mol. The maximum atomic E-state index is 14.2. The topological polar surface area (TPSA) is 66.1 Å².